The number of fused-ring (bicyclic) bond motifs is 1. The summed E-state index contributed by atoms with van der Waals surface area (Å²) >= 11 is 5.93. The van der Waals surface area contributed by atoms with Gasteiger partial charge in [0.15, 0.2) is 11.5 Å². The highest BCUT2D eigenvalue weighted by atomic mass is 35.5. The van der Waals surface area contributed by atoms with Gasteiger partial charge in [-0.3, -0.25) is 18.7 Å². The summed E-state index contributed by atoms with van der Waals surface area (Å²) in [5, 5.41) is 0.774. The second-order valence-electron chi connectivity index (χ2n) is 7.97. The number of nitrogens with zero attached hydrogens (tertiary/aromatic N) is 5. The molecule has 1 aliphatic carbocycles. The lowest BCUT2D eigenvalue weighted by atomic mass is 9.94. The molecule has 0 bridgehead atoms. The van der Waals surface area contributed by atoms with E-state index in [0.717, 1.165) is 30.3 Å². The van der Waals surface area contributed by atoms with E-state index in [1.165, 1.54) is 24.2 Å². The smallest absolute Gasteiger partial charge is 0.332 e. The summed E-state index contributed by atoms with van der Waals surface area (Å²) in [6, 6.07) is 7.13. The van der Waals surface area contributed by atoms with E-state index in [4.69, 9.17) is 11.6 Å². The van der Waals surface area contributed by atoms with Crippen LogP contribution in [0.25, 0.3) is 22.4 Å². The molecule has 4 rings (SSSR count). The summed E-state index contributed by atoms with van der Waals surface area (Å²) in [6.45, 7) is -0.298. The van der Waals surface area contributed by atoms with Crippen molar-refractivity contribution in [1.29, 1.82) is 0 Å². The van der Waals surface area contributed by atoms with Crippen LogP contribution in [-0.4, -0.2) is 43.0 Å². The molecule has 0 saturated heterocycles. The highest BCUT2D eigenvalue weighted by Gasteiger charge is 2.24. The molecule has 1 aromatic carbocycles. The molecule has 1 fully saturated rings. The molecule has 0 N–H and O–H groups in total. The lowest BCUT2D eigenvalue weighted by Crippen LogP contribution is -2.46. The summed E-state index contributed by atoms with van der Waals surface area (Å²) in [4.78, 5) is 49.1. The lowest BCUT2D eigenvalue weighted by Gasteiger charge is -2.31. The van der Waals surface area contributed by atoms with Crippen LogP contribution in [0, 0.1) is 0 Å². The number of likely N-dealkylation sites (N-methyl/N-ethyl adjacent to an activating group) is 1. The minimum absolute atomic E-state index is 0.159. The van der Waals surface area contributed by atoms with Gasteiger partial charge in [0.05, 0.1) is 0 Å². The van der Waals surface area contributed by atoms with Gasteiger partial charge in [-0.25, -0.2) is 14.8 Å². The maximum atomic E-state index is 13.0. The molecule has 9 heteroatoms. The molecular weight excluding hydrogens is 418 g/mol. The molecule has 2 aromatic heterocycles. The molecule has 0 unspecified atom stereocenters. The zero-order valence-corrected chi connectivity index (χ0v) is 18.3. The first-order valence-electron chi connectivity index (χ1n) is 10.3. The number of hydrogen-bond acceptors (Lipinski definition) is 5. The number of rotatable bonds is 4. The van der Waals surface area contributed by atoms with E-state index in [-0.39, 0.29) is 29.5 Å². The highest BCUT2D eigenvalue weighted by molar-refractivity contribution is 6.30. The Bertz CT molecular complexity index is 1240. The Labute approximate surface area is 184 Å². The topological polar surface area (TPSA) is 90.1 Å². The Morgan fingerprint density at radius 1 is 1.16 bits per heavy atom. The molecule has 0 aliphatic heterocycles. The van der Waals surface area contributed by atoms with Gasteiger partial charge in [-0.05, 0) is 37.1 Å². The Kier molecular flexibility index (Phi) is 5.91. The van der Waals surface area contributed by atoms with Crippen LogP contribution in [0.4, 0.5) is 0 Å². The lowest BCUT2D eigenvalue weighted by molar-refractivity contribution is -0.133. The number of carbonyl (C=O) groups is 1. The molecule has 162 valence electrons. The van der Waals surface area contributed by atoms with E-state index >= 15 is 0 Å². The quantitative estimate of drug-likeness (QED) is 0.620. The predicted octanol–water partition coefficient (Wildman–Crippen LogP) is 2.60. The molecule has 1 amide bonds. The van der Waals surface area contributed by atoms with Crippen molar-refractivity contribution in [1.82, 2.24) is 24.0 Å². The fraction of sp³-hybridized carbons (Fsp3) is 0.409. The van der Waals surface area contributed by atoms with E-state index in [0.29, 0.717) is 16.4 Å². The van der Waals surface area contributed by atoms with Crippen LogP contribution < -0.4 is 11.2 Å². The van der Waals surface area contributed by atoms with Crippen LogP contribution >= 0.6 is 11.6 Å². The van der Waals surface area contributed by atoms with E-state index < -0.39 is 11.2 Å². The number of carbonyl (C=O) groups excluding carboxylic acids is 1. The van der Waals surface area contributed by atoms with E-state index in [9.17, 15) is 14.4 Å². The fourth-order valence-electron chi connectivity index (χ4n) is 4.08. The molecule has 0 spiro atoms. The van der Waals surface area contributed by atoms with Gasteiger partial charge in [0, 0.05) is 36.9 Å². The van der Waals surface area contributed by atoms with Crippen molar-refractivity contribution < 1.29 is 4.79 Å². The zero-order valence-electron chi connectivity index (χ0n) is 17.5. The molecule has 1 aliphatic rings. The Hall–Kier alpha value is -3.00. The third-order valence-corrected chi connectivity index (χ3v) is 6.24. The average Bonchev–Trinajstić information content (AvgIpc) is 2.80. The van der Waals surface area contributed by atoms with Gasteiger partial charge in [0.25, 0.3) is 5.56 Å². The summed E-state index contributed by atoms with van der Waals surface area (Å²) in [5.74, 6) is 0.133. The van der Waals surface area contributed by atoms with E-state index in [1.807, 2.05) is 0 Å². The number of amides is 1. The number of hydrogen-bond donors (Lipinski definition) is 0. The molecular formula is C22H24ClN5O3. The Morgan fingerprint density at radius 3 is 2.52 bits per heavy atom. The summed E-state index contributed by atoms with van der Waals surface area (Å²) in [5.41, 5.74) is -0.207. The van der Waals surface area contributed by atoms with Gasteiger partial charge in [-0.2, -0.15) is 0 Å². The summed E-state index contributed by atoms with van der Waals surface area (Å²) < 4.78 is 2.25. The van der Waals surface area contributed by atoms with Gasteiger partial charge >= 0.3 is 5.69 Å². The number of aryl methyl sites for hydroxylation is 1. The van der Waals surface area contributed by atoms with Crippen molar-refractivity contribution in [3.63, 3.8) is 0 Å². The second kappa shape index (κ2) is 8.63. The van der Waals surface area contributed by atoms with Crippen molar-refractivity contribution in [3.05, 3.63) is 56.3 Å². The van der Waals surface area contributed by atoms with Crippen LogP contribution in [0.2, 0.25) is 5.02 Å². The maximum absolute atomic E-state index is 13.0. The predicted molar refractivity (Wildman–Crippen MR) is 119 cm³/mol. The molecule has 3 aromatic rings. The van der Waals surface area contributed by atoms with Crippen LogP contribution in [-0.2, 0) is 18.4 Å². The fourth-order valence-corrected chi connectivity index (χ4v) is 4.21. The first-order chi connectivity index (χ1) is 14.9. The molecule has 0 atom stereocenters. The standard InChI is InChI=1S/C22H24ClN5O3/c1-26(16-6-4-3-5-7-16)18(29)13-28-21(30)17-12-24-19(14-8-10-15(23)11-9-14)25-20(17)27(2)22(28)31/h8-12,16H,3-7,13H2,1-2H3. The Balaban J connectivity index is 1.70. The third-order valence-electron chi connectivity index (χ3n) is 5.99. The molecule has 8 nitrogen and oxygen atoms in total. The minimum Gasteiger partial charge on any atom is -0.341 e. The highest BCUT2D eigenvalue weighted by Crippen LogP contribution is 2.22. The Morgan fingerprint density at radius 2 is 1.84 bits per heavy atom. The summed E-state index contributed by atoms with van der Waals surface area (Å²) in [7, 11) is 3.28. The zero-order chi connectivity index (χ0) is 22.1. The largest absolute Gasteiger partial charge is 0.341 e. The van der Waals surface area contributed by atoms with Gasteiger partial charge in [-0.15, -0.1) is 0 Å². The van der Waals surface area contributed by atoms with E-state index in [2.05, 4.69) is 9.97 Å². The first kappa shape index (κ1) is 21.2. The number of benzene rings is 1. The SMILES string of the molecule is CN(C(=O)Cn1c(=O)c2cnc(-c3ccc(Cl)cc3)nc2n(C)c1=O)C1CCCCC1. The van der Waals surface area contributed by atoms with Crippen LogP contribution in [0.15, 0.2) is 40.1 Å². The third kappa shape index (κ3) is 4.12. The minimum atomic E-state index is -0.580. The van der Waals surface area contributed by atoms with Gasteiger partial charge in [0.2, 0.25) is 5.91 Å². The van der Waals surface area contributed by atoms with Gasteiger partial charge in [-0.1, -0.05) is 30.9 Å². The van der Waals surface area contributed by atoms with Crippen molar-refractivity contribution >= 4 is 28.5 Å². The van der Waals surface area contributed by atoms with Crippen molar-refractivity contribution in [2.45, 2.75) is 44.7 Å². The van der Waals surface area contributed by atoms with Crippen LogP contribution in [0.1, 0.15) is 32.1 Å². The van der Waals surface area contributed by atoms with Crippen LogP contribution in [0.5, 0.6) is 0 Å². The van der Waals surface area contributed by atoms with Crippen molar-refractivity contribution in [2.24, 2.45) is 7.05 Å². The average molecular weight is 442 g/mol. The molecule has 2 heterocycles. The van der Waals surface area contributed by atoms with Crippen molar-refractivity contribution in [2.75, 3.05) is 7.05 Å². The summed E-state index contributed by atoms with van der Waals surface area (Å²) in [6.07, 6.45) is 6.67. The second-order valence-corrected chi connectivity index (χ2v) is 8.40. The van der Waals surface area contributed by atoms with E-state index in [1.54, 1.807) is 36.2 Å². The molecule has 31 heavy (non-hydrogen) atoms. The number of halogens is 1. The molecule has 1 saturated carbocycles. The van der Waals surface area contributed by atoms with Gasteiger partial charge in [0.1, 0.15) is 11.9 Å². The normalized spacial score (nSPS) is 14.7. The maximum Gasteiger partial charge on any atom is 0.332 e. The monoisotopic (exact) mass is 441 g/mol. The number of aromatic nitrogens is 4. The first-order valence-corrected chi connectivity index (χ1v) is 10.7. The molecule has 0 radical (unpaired) electrons. The van der Waals surface area contributed by atoms with Gasteiger partial charge < -0.3 is 4.90 Å². The van der Waals surface area contributed by atoms with Crippen molar-refractivity contribution in [3.8, 4) is 11.4 Å². The van der Waals surface area contributed by atoms with Crippen LogP contribution in [0.3, 0.4) is 0 Å².